The number of aromatic nitrogens is 2. The van der Waals surface area contributed by atoms with Gasteiger partial charge < -0.3 is 15.4 Å². The number of hydrogen-bond acceptors (Lipinski definition) is 5. The van der Waals surface area contributed by atoms with Crippen molar-refractivity contribution in [1.82, 2.24) is 9.78 Å². The Morgan fingerprint density at radius 2 is 1.88 bits per heavy atom. The van der Waals surface area contributed by atoms with Gasteiger partial charge in [-0.3, -0.25) is 4.68 Å². The van der Waals surface area contributed by atoms with Crippen LogP contribution in [0.3, 0.4) is 0 Å². The number of carbonyl (C=O) groups is 1. The van der Waals surface area contributed by atoms with Crippen LogP contribution in [0.15, 0.2) is 72.9 Å². The summed E-state index contributed by atoms with van der Waals surface area (Å²) in [6.07, 6.45) is 1.80. The quantitative estimate of drug-likeness (QED) is 0.293. The van der Waals surface area contributed by atoms with Crippen molar-refractivity contribution in [3.63, 3.8) is 0 Å². The van der Waals surface area contributed by atoms with Crippen LogP contribution >= 0.6 is 23.6 Å². The molecule has 0 radical (unpaired) electrons. The minimum Gasteiger partial charge on any atom is -0.465 e. The lowest BCUT2D eigenvalue weighted by molar-refractivity contribution is 0.0602. The van der Waals surface area contributed by atoms with Gasteiger partial charge in [0, 0.05) is 17.1 Å². The van der Waals surface area contributed by atoms with E-state index in [1.165, 1.54) is 30.6 Å². The molecular weight excluding hydrogens is 447 g/mol. The molecular formula is C23H19FN4O2S2. The van der Waals surface area contributed by atoms with Crippen molar-refractivity contribution < 1.29 is 13.9 Å². The van der Waals surface area contributed by atoms with Crippen LogP contribution < -0.4 is 10.6 Å². The van der Waals surface area contributed by atoms with Gasteiger partial charge in [0.05, 0.1) is 19.2 Å². The molecule has 32 heavy (non-hydrogen) atoms. The fourth-order valence-electron chi connectivity index (χ4n) is 3.03. The average Bonchev–Trinajstić information content (AvgIpc) is 3.42. The van der Waals surface area contributed by atoms with E-state index in [0.717, 1.165) is 16.0 Å². The summed E-state index contributed by atoms with van der Waals surface area (Å²) in [7, 11) is 1.34. The minimum atomic E-state index is -0.447. The van der Waals surface area contributed by atoms with E-state index in [0.29, 0.717) is 28.0 Å². The number of halogens is 1. The number of nitrogens with zero attached hydrogens (tertiary/aromatic N) is 2. The fourth-order valence-corrected chi connectivity index (χ4v) is 4.36. The van der Waals surface area contributed by atoms with Gasteiger partial charge in [0.15, 0.2) is 10.9 Å². The van der Waals surface area contributed by atoms with Crippen molar-refractivity contribution in [1.29, 1.82) is 0 Å². The van der Waals surface area contributed by atoms with Crippen molar-refractivity contribution in [3.05, 3.63) is 89.9 Å². The second-order valence-corrected chi connectivity index (χ2v) is 8.28. The van der Waals surface area contributed by atoms with Gasteiger partial charge in [-0.25, -0.2) is 9.18 Å². The van der Waals surface area contributed by atoms with Gasteiger partial charge in [-0.15, -0.1) is 11.3 Å². The zero-order valence-corrected chi connectivity index (χ0v) is 18.7. The van der Waals surface area contributed by atoms with Crippen LogP contribution in [0, 0.1) is 5.82 Å². The molecule has 0 spiro atoms. The van der Waals surface area contributed by atoms with E-state index in [1.54, 1.807) is 35.1 Å². The zero-order valence-electron chi connectivity index (χ0n) is 17.0. The molecule has 6 nitrogen and oxygen atoms in total. The van der Waals surface area contributed by atoms with Gasteiger partial charge in [-0.1, -0.05) is 42.5 Å². The van der Waals surface area contributed by atoms with Crippen LogP contribution in [0.4, 0.5) is 15.2 Å². The number of hydrogen-bond donors (Lipinski definition) is 2. The first kappa shape index (κ1) is 21.7. The lowest BCUT2D eigenvalue weighted by atomic mass is 10.1. The van der Waals surface area contributed by atoms with E-state index >= 15 is 0 Å². The highest BCUT2D eigenvalue weighted by atomic mass is 32.1. The van der Waals surface area contributed by atoms with E-state index in [-0.39, 0.29) is 5.82 Å². The number of benzene rings is 2. The highest BCUT2D eigenvalue weighted by Crippen LogP contribution is 2.36. The molecule has 0 saturated carbocycles. The van der Waals surface area contributed by atoms with Crippen LogP contribution in [0.1, 0.15) is 15.9 Å². The van der Waals surface area contributed by atoms with Crippen LogP contribution in [0.25, 0.3) is 10.4 Å². The van der Waals surface area contributed by atoms with Gasteiger partial charge in [0.1, 0.15) is 10.8 Å². The number of thiophene rings is 1. The molecule has 2 aromatic carbocycles. The Kier molecular flexibility index (Phi) is 6.58. The standard InChI is InChI=1S/C23H19FN4O2S2/c1-30-22(29)18-13-19(16-5-3-2-4-6-16)32-21(18)26-23(31)25-20-11-12-28(27-20)14-15-7-9-17(24)10-8-15/h2-13H,14H2,1H3,(H2,25,26,27,31). The van der Waals surface area contributed by atoms with Crippen LogP contribution in [-0.4, -0.2) is 28.0 Å². The SMILES string of the molecule is COC(=O)c1cc(-c2ccccc2)sc1NC(=S)Nc1ccn(Cc2ccc(F)cc2)n1. The predicted octanol–water partition coefficient (Wildman–Crippen LogP) is 5.39. The van der Waals surface area contributed by atoms with Crippen molar-refractivity contribution in [2.24, 2.45) is 0 Å². The second-order valence-electron chi connectivity index (χ2n) is 6.82. The van der Waals surface area contributed by atoms with E-state index in [1.807, 2.05) is 30.3 Å². The van der Waals surface area contributed by atoms with E-state index in [2.05, 4.69) is 15.7 Å². The Bertz CT molecular complexity index is 1240. The number of rotatable bonds is 6. The summed E-state index contributed by atoms with van der Waals surface area (Å²) >= 11 is 6.83. The topological polar surface area (TPSA) is 68.2 Å². The van der Waals surface area contributed by atoms with Gasteiger partial charge in [0.2, 0.25) is 0 Å². The second kappa shape index (κ2) is 9.71. The Hall–Kier alpha value is -3.56. The maximum Gasteiger partial charge on any atom is 0.340 e. The third-order valence-electron chi connectivity index (χ3n) is 4.56. The molecule has 2 heterocycles. The number of nitrogens with one attached hydrogen (secondary N) is 2. The molecule has 0 bridgehead atoms. The van der Waals surface area contributed by atoms with Gasteiger partial charge in [0.25, 0.3) is 0 Å². The van der Waals surface area contributed by atoms with Crippen LogP contribution in [-0.2, 0) is 11.3 Å². The summed E-state index contributed by atoms with van der Waals surface area (Å²) in [5, 5.41) is 11.4. The summed E-state index contributed by atoms with van der Waals surface area (Å²) in [5.41, 5.74) is 2.33. The summed E-state index contributed by atoms with van der Waals surface area (Å²) in [4.78, 5) is 13.2. The molecule has 162 valence electrons. The molecule has 0 aliphatic carbocycles. The number of carbonyl (C=O) groups excluding carboxylic acids is 1. The normalized spacial score (nSPS) is 10.6. The Labute approximate surface area is 193 Å². The maximum atomic E-state index is 13.1. The highest BCUT2D eigenvalue weighted by molar-refractivity contribution is 7.80. The molecule has 0 atom stereocenters. The number of anilines is 2. The minimum absolute atomic E-state index is 0.275. The number of ether oxygens (including phenoxy) is 1. The zero-order chi connectivity index (χ0) is 22.5. The molecule has 4 aromatic rings. The molecule has 9 heteroatoms. The molecule has 0 amide bonds. The third kappa shape index (κ3) is 5.19. The fraction of sp³-hybridized carbons (Fsp3) is 0.0870. The van der Waals surface area contributed by atoms with Crippen molar-refractivity contribution >= 4 is 45.5 Å². The molecule has 0 fully saturated rings. The van der Waals surface area contributed by atoms with Crippen molar-refractivity contribution in [2.75, 3.05) is 17.7 Å². The van der Waals surface area contributed by atoms with Crippen molar-refractivity contribution in [2.45, 2.75) is 6.54 Å². The largest absolute Gasteiger partial charge is 0.465 e. The average molecular weight is 467 g/mol. The molecule has 0 saturated heterocycles. The summed E-state index contributed by atoms with van der Waals surface area (Å²) in [5.74, 6) is -0.176. The van der Waals surface area contributed by atoms with Gasteiger partial charge >= 0.3 is 5.97 Å². The first-order chi connectivity index (χ1) is 15.5. The first-order valence-corrected chi connectivity index (χ1v) is 10.9. The number of esters is 1. The molecule has 2 aromatic heterocycles. The smallest absolute Gasteiger partial charge is 0.340 e. The molecule has 2 N–H and O–H groups in total. The predicted molar refractivity (Wildman–Crippen MR) is 129 cm³/mol. The lowest BCUT2D eigenvalue weighted by Crippen LogP contribution is -2.20. The first-order valence-electron chi connectivity index (χ1n) is 9.65. The van der Waals surface area contributed by atoms with Gasteiger partial charge in [-0.2, -0.15) is 5.10 Å². The summed E-state index contributed by atoms with van der Waals surface area (Å²) in [6.45, 7) is 0.500. The summed E-state index contributed by atoms with van der Waals surface area (Å²) in [6, 6.07) is 19.6. The van der Waals surface area contributed by atoms with E-state index in [9.17, 15) is 9.18 Å². The van der Waals surface area contributed by atoms with E-state index < -0.39 is 5.97 Å². The summed E-state index contributed by atoms with van der Waals surface area (Å²) < 4.78 is 19.7. The number of thiocarbonyl (C=S) groups is 1. The van der Waals surface area contributed by atoms with Gasteiger partial charge in [-0.05, 0) is 41.5 Å². The van der Waals surface area contributed by atoms with Crippen LogP contribution in [0.5, 0.6) is 0 Å². The third-order valence-corrected chi connectivity index (χ3v) is 5.87. The Morgan fingerprint density at radius 3 is 2.59 bits per heavy atom. The molecule has 0 aliphatic rings. The monoisotopic (exact) mass is 466 g/mol. The Balaban J connectivity index is 1.46. The number of methoxy groups -OCH3 is 1. The molecule has 0 unspecified atom stereocenters. The lowest BCUT2D eigenvalue weighted by Gasteiger charge is -2.08. The van der Waals surface area contributed by atoms with Crippen molar-refractivity contribution in [3.8, 4) is 10.4 Å². The highest BCUT2D eigenvalue weighted by Gasteiger charge is 2.18. The maximum absolute atomic E-state index is 13.1. The van der Waals surface area contributed by atoms with E-state index in [4.69, 9.17) is 17.0 Å². The Morgan fingerprint density at radius 1 is 1.12 bits per heavy atom. The van der Waals surface area contributed by atoms with Crippen LogP contribution in [0.2, 0.25) is 0 Å². The molecule has 4 rings (SSSR count). The molecule has 0 aliphatic heterocycles.